The van der Waals surface area contributed by atoms with Gasteiger partial charge in [-0.05, 0) is 38.1 Å². The molecule has 31 heavy (non-hydrogen) atoms. The molecule has 1 aliphatic rings. The number of ether oxygens (including phenoxy) is 2. The van der Waals surface area contributed by atoms with Gasteiger partial charge in [0.25, 0.3) is 5.91 Å². The summed E-state index contributed by atoms with van der Waals surface area (Å²) in [6.07, 6.45) is -1.10. The van der Waals surface area contributed by atoms with Crippen molar-refractivity contribution in [1.82, 2.24) is 9.62 Å². The number of rotatable bonds is 7. The fourth-order valence-electron chi connectivity index (χ4n) is 3.16. The fourth-order valence-corrected chi connectivity index (χ4v) is 4.41. The Hall–Kier alpha value is -2.75. The van der Waals surface area contributed by atoms with Crippen LogP contribution >= 0.6 is 0 Å². The smallest absolute Gasteiger partial charge is 0.339 e. The van der Waals surface area contributed by atoms with Gasteiger partial charge in [0.15, 0.2) is 0 Å². The van der Waals surface area contributed by atoms with Crippen LogP contribution in [-0.2, 0) is 24.3 Å². The Morgan fingerprint density at radius 3 is 2.19 bits per heavy atom. The molecule has 0 unspecified atom stereocenters. The number of carbonyl (C=O) groups is 2. The number of nitrogens with zero attached hydrogens (tertiary/aromatic N) is 1. The normalized spacial score (nSPS) is 15.5. The molecule has 2 aromatic carbocycles. The van der Waals surface area contributed by atoms with E-state index in [0.717, 1.165) is 0 Å². The first kappa shape index (κ1) is 22.9. The molecule has 1 N–H and O–H groups in total. The maximum absolute atomic E-state index is 13.1. The lowest BCUT2D eigenvalue weighted by Gasteiger charge is -2.30. The predicted molar refractivity (Wildman–Crippen MR) is 114 cm³/mol. The standard InChI is InChI=1S/C22H26N2O6S/c1-16(2)23-31(27,28)19-10-8-18(9-11-19)22(26)30-20(17-6-4-3-5-7-17)21(25)24-12-14-29-15-13-24/h3-11,16,20,23H,12-15H2,1-2H3/t20-/m0/s1. The summed E-state index contributed by atoms with van der Waals surface area (Å²) in [7, 11) is -3.67. The quantitative estimate of drug-likeness (QED) is 0.654. The van der Waals surface area contributed by atoms with Gasteiger partial charge >= 0.3 is 5.97 Å². The molecule has 2 aromatic rings. The van der Waals surface area contributed by atoms with E-state index in [9.17, 15) is 18.0 Å². The van der Waals surface area contributed by atoms with E-state index in [-0.39, 0.29) is 22.4 Å². The molecule has 166 valence electrons. The summed E-state index contributed by atoms with van der Waals surface area (Å²) in [6.45, 7) is 5.16. The molecule has 0 saturated carbocycles. The number of nitrogens with one attached hydrogen (secondary N) is 1. The van der Waals surface area contributed by atoms with Gasteiger partial charge in [-0.15, -0.1) is 0 Å². The number of morpholine rings is 1. The third-order valence-corrected chi connectivity index (χ3v) is 6.34. The van der Waals surface area contributed by atoms with Crippen molar-refractivity contribution in [2.24, 2.45) is 0 Å². The van der Waals surface area contributed by atoms with Crippen LogP contribution in [0.3, 0.4) is 0 Å². The van der Waals surface area contributed by atoms with Crippen molar-refractivity contribution in [3.8, 4) is 0 Å². The highest BCUT2D eigenvalue weighted by atomic mass is 32.2. The molecule has 1 heterocycles. The summed E-state index contributed by atoms with van der Waals surface area (Å²) in [5.41, 5.74) is 0.715. The van der Waals surface area contributed by atoms with Crippen LogP contribution in [0.4, 0.5) is 0 Å². The Kier molecular flexibility index (Phi) is 7.42. The highest BCUT2D eigenvalue weighted by Crippen LogP contribution is 2.23. The molecule has 1 aliphatic heterocycles. The summed E-state index contributed by atoms with van der Waals surface area (Å²) in [5, 5.41) is 0. The average Bonchev–Trinajstić information content (AvgIpc) is 2.77. The lowest BCUT2D eigenvalue weighted by Crippen LogP contribution is -2.44. The van der Waals surface area contributed by atoms with Crippen LogP contribution in [0, 0.1) is 0 Å². The van der Waals surface area contributed by atoms with E-state index in [1.54, 1.807) is 43.0 Å². The molecule has 0 radical (unpaired) electrons. The summed E-state index contributed by atoms with van der Waals surface area (Å²) in [6, 6.07) is 14.0. The van der Waals surface area contributed by atoms with Gasteiger partial charge in [-0.3, -0.25) is 4.79 Å². The summed E-state index contributed by atoms with van der Waals surface area (Å²) in [5.74, 6) is -1.03. The van der Waals surface area contributed by atoms with Gasteiger partial charge in [0.05, 0.1) is 23.7 Å². The van der Waals surface area contributed by atoms with Crippen molar-refractivity contribution in [3.05, 3.63) is 65.7 Å². The van der Waals surface area contributed by atoms with Gasteiger partial charge in [0, 0.05) is 24.7 Å². The van der Waals surface area contributed by atoms with Gasteiger partial charge in [-0.1, -0.05) is 30.3 Å². The Morgan fingerprint density at radius 2 is 1.61 bits per heavy atom. The van der Waals surface area contributed by atoms with Crippen LogP contribution in [0.25, 0.3) is 0 Å². The van der Waals surface area contributed by atoms with E-state index >= 15 is 0 Å². The maximum Gasteiger partial charge on any atom is 0.339 e. The molecule has 0 aromatic heterocycles. The van der Waals surface area contributed by atoms with Gasteiger partial charge in [-0.25, -0.2) is 17.9 Å². The first-order valence-corrected chi connectivity index (χ1v) is 11.5. The number of hydrogen-bond donors (Lipinski definition) is 1. The van der Waals surface area contributed by atoms with Gasteiger partial charge < -0.3 is 14.4 Å². The molecule has 0 spiro atoms. The highest BCUT2D eigenvalue weighted by Gasteiger charge is 2.31. The second kappa shape index (κ2) is 10.0. The summed E-state index contributed by atoms with van der Waals surface area (Å²) in [4.78, 5) is 27.5. The third-order valence-electron chi connectivity index (χ3n) is 4.67. The molecule has 1 amide bonds. The maximum atomic E-state index is 13.1. The number of amides is 1. The zero-order chi connectivity index (χ0) is 22.4. The Balaban J connectivity index is 1.79. The largest absolute Gasteiger partial charge is 0.444 e. The van der Waals surface area contributed by atoms with E-state index in [0.29, 0.717) is 31.9 Å². The molecule has 1 atom stereocenters. The lowest BCUT2D eigenvalue weighted by atomic mass is 10.1. The first-order chi connectivity index (χ1) is 14.8. The van der Waals surface area contributed by atoms with E-state index in [1.807, 2.05) is 6.07 Å². The first-order valence-electron chi connectivity index (χ1n) is 10.0. The van der Waals surface area contributed by atoms with E-state index in [2.05, 4.69) is 4.72 Å². The van der Waals surface area contributed by atoms with E-state index in [4.69, 9.17) is 9.47 Å². The minimum absolute atomic E-state index is 0.0433. The lowest BCUT2D eigenvalue weighted by molar-refractivity contribution is -0.145. The molecular formula is C22H26N2O6S. The minimum Gasteiger partial charge on any atom is -0.444 e. The second-order valence-corrected chi connectivity index (χ2v) is 9.15. The van der Waals surface area contributed by atoms with Gasteiger partial charge in [0.1, 0.15) is 0 Å². The van der Waals surface area contributed by atoms with Crippen molar-refractivity contribution < 1.29 is 27.5 Å². The molecule has 3 rings (SSSR count). The topological polar surface area (TPSA) is 102 Å². The second-order valence-electron chi connectivity index (χ2n) is 7.43. The van der Waals surface area contributed by atoms with Gasteiger partial charge in [-0.2, -0.15) is 0 Å². The number of esters is 1. The SMILES string of the molecule is CC(C)NS(=O)(=O)c1ccc(C(=O)O[C@H](C(=O)N2CCOCC2)c2ccccc2)cc1. The van der Waals surface area contributed by atoms with Gasteiger partial charge in [0.2, 0.25) is 16.1 Å². The van der Waals surface area contributed by atoms with Crippen LogP contribution in [0.5, 0.6) is 0 Å². The van der Waals surface area contributed by atoms with Crippen LogP contribution in [0.2, 0.25) is 0 Å². The van der Waals surface area contributed by atoms with Crippen molar-refractivity contribution >= 4 is 21.9 Å². The average molecular weight is 447 g/mol. The van der Waals surface area contributed by atoms with Crippen LogP contribution in [0.15, 0.2) is 59.5 Å². The van der Waals surface area contributed by atoms with Crippen molar-refractivity contribution in [2.45, 2.75) is 30.9 Å². The molecule has 9 heteroatoms. The monoisotopic (exact) mass is 446 g/mol. The molecule has 8 nitrogen and oxygen atoms in total. The zero-order valence-electron chi connectivity index (χ0n) is 17.5. The number of hydrogen-bond acceptors (Lipinski definition) is 6. The number of sulfonamides is 1. The highest BCUT2D eigenvalue weighted by molar-refractivity contribution is 7.89. The Bertz CT molecular complexity index is 1000. The van der Waals surface area contributed by atoms with Crippen molar-refractivity contribution in [1.29, 1.82) is 0 Å². The Morgan fingerprint density at radius 1 is 1.00 bits per heavy atom. The van der Waals surface area contributed by atoms with E-state index < -0.39 is 22.1 Å². The van der Waals surface area contributed by atoms with Crippen molar-refractivity contribution in [3.63, 3.8) is 0 Å². The van der Waals surface area contributed by atoms with Crippen molar-refractivity contribution in [2.75, 3.05) is 26.3 Å². The fraction of sp³-hybridized carbons (Fsp3) is 0.364. The number of benzene rings is 2. The molecule has 0 bridgehead atoms. The summed E-state index contributed by atoms with van der Waals surface area (Å²) >= 11 is 0. The van der Waals surface area contributed by atoms with Crippen LogP contribution in [0.1, 0.15) is 35.9 Å². The van der Waals surface area contributed by atoms with Crippen LogP contribution in [-0.4, -0.2) is 57.5 Å². The number of carbonyl (C=O) groups excluding carboxylic acids is 2. The minimum atomic E-state index is -3.67. The molecular weight excluding hydrogens is 420 g/mol. The summed E-state index contributed by atoms with van der Waals surface area (Å²) < 4.78 is 37.9. The predicted octanol–water partition coefficient (Wildman–Crippen LogP) is 2.13. The third kappa shape index (κ3) is 5.90. The molecule has 0 aliphatic carbocycles. The van der Waals surface area contributed by atoms with Crippen LogP contribution < -0.4 is 4.72 Å². The zero-order valence-corrected chi connectivity index (χ0v) is 18.3. The van der Waals surface area contributed by atoms with E-state index in [1.165, 1.54) is 24.3 Å². The Labute approximate surface area is 182 Å². The molecule has 1 saturated heterocycles. The molecule has 1 fully saturated rings.